The van der Waals surface area contributed by atoms with E-state index in [1.807, 2.05) is 12.3 Å². The largest absolute Gasteiger partial charge is 0.377 e. The molecule has 0 aliphatic rings. The number of hydrazine groups is 1. The molecule has 0 aliphatic heterocycles. The topological polar surface area (TPSA) is 50.1 Å². The van der Waals surface area contributed by atoms with Gasteiger partial charge in [-0.1, -0.05) is 18.6 Å². The predicted octanol–water partition coefficient (Wildman–Crippen LogP) is 0.867. The lowest BCUT2D eigenvalue weighted by Gasteiger charge is -1.96. The van der Waals surface area contributed by atoms with E-state index in [0.29, 0.717) is 6.67 Å². The van der Waals surface area contributed by atoms with Crippen molar-refractivity contribution in [1.29, 1.82) is 0 Å². The molecule has 0 aliphatic carbocycles. The Morgan fingerprint density at radius 1 is 1.55 bits per heavy atom. The van der Waals surface area contributed by atoms with Crippen molar-refractivity contribution in [2.45, 2.75) is 20.3 Å². The molecular formula is C8H17N3. The third-order valence-corrected chi connectivity index (χ3v) is 1.19. The van der Waals surface area contributed by atoms with Crippen molar-refractivity contribution in [1.82, 2.24) is 10.7 Å². The molecule has 0 bridgehead atoms. The molecule has 0 saturated carbocycles. The van der Waals surface area contributed by atoms with Gasteiger partial charge in [0.15, 0.2) is 0 Å². The van der Waals surface area contributed by atoms with Crippen molar-refractivity contribution in [2.24, 2.45) is 5.84 Å². The van der Waals surface area contributed by atoms with Gasteiger partial charge < -0.3 is 5.32 Å². The van der Waals surface area contributed by atoms with Crippen LogP contribution >= 0.6 is 0 Å². The molecule has 4 N–H and O–H groups in total. The van der Waals surface area contributed by atoms with Crippen LogP contribution in [0.3, 0.4) is 0 Å². The predicted molar refractivity (Wildman–Crippen MR) is 48.5 cm³/mol. The fourth-order valence-corrected chi connectivity index (χ4v) is 0.698. The summed E-state index contributed by atoms with van der Waals surface area (Å²) in [6, 6.07) is 0. The maximum absolute atomic E-state index is 5.04. The number of nitrogens with two attached hydrogens (primary N) is 1. The summed E-state index contributed by atoms with van der Waals surface area (Å²) >= 11 is 0. The minimum atomic E-state index is 0.593. The van der Waals surface area contributed by atoms with Gasteiger partial charge in [-0.25, -0.2) is 5.43 Å². The zero-order chi connectivity index (χ0) is 8.53. The summed E-state index contributed by atoms with van der Waals surface area (Å²) in [5, 5.41) is 2.97. The van der Waals surface area contributed by atoms with E-state index in [1.165, 1.54) is 5.57 Å². The molecule has 0 aromatic rings. The van der Waals surface area contributed by atoms with E-state index in [-0.39, 0.29) is 0 Å². The number of allylic oxidation sites excluding steroid dienone is 3. The zero-order valence-electron chi connectivity index (χ0n) is 7.22. The lowest BCUT2D eigenvalue weighted by molar-refractivity contribution is 0.684. The van der Waals surface area contributed by atoms with Gasteiger partial charge in [-0.2, -0.15) is 0 Å². The molecule has 0 radical (unpaired) electrons. The quantitative estimate of drug-likeness (QED) is 0.181. The monoisotopic (exact) mass is 155 g/mol. The Morgan fingerprint density at radius 2 is 2.27 bits per heavy atom. The Hall–Kier alpha value is -0.800. The van der Waals surface area contributed by atoms with Crippen molar-refractivity contribution in [2.75, 3.05) is 6.67 Å². The highest BCUT2D eigenvalue weighted by molar-refractivity contribution is 5.14. The Labute approximate surface area is 68.3 Å². The van der Waals surface area contributed by atoms with Crippen LogP contribution in [0.4, 0.5) is 0 Å². The number of hydrogen-bond donors (Lipinski definition) is 3. The molecule has 0 heterocycles. The molecule has 64 valence electrons. The Morgan fingerprint density at radius 3 is 2.82 bits per heavy atom. The average molecular weight is 155 g/mol. The third-order valence-electron chi connectivity index (χ3n) is 1.19. The summed E-state index contributed by atoms with van der Waals surface area (Å²) in [6.07, 6.45) is 7.13. The number of hydrogen-bond acceptors (Lipinski definition) is 3. The first-order valence-corrected chi connectivity index (χ1v) is 3.81. The lowest BCUT2D eigenvalue weighted by atomic mass is 10.2. The highest BCUT2D eigenvalue weighted by atomic mass is 15.3. The van der Waals surface area contributed by atoms with Gasteiger partial charge in [0.25, 0.3) is 0 Å². The van der Waals surface area contributed by atoms with Crippen LogP contribution in [0.15, 0.2) is 23.9 Å². The number of rotatable bonds is 5. The Bertz CT molecular complexity index is 138. The summed E-state index contributed by atoms with van der Waals surface area (Å²) < 4.78 is 0. The first-order valence-electron chi connectivity index (χ1n) is 3.81. The molecule has 11 heavy (non-hydrogen) atoms. The van der Waals surface area contributed by atoms with E-state index in [1.54, 1.807) is 0 Å². The summed E-state index contributed by atoms with van der Waals surface area (Å²) in [5.74, 6) is 5.04. The molecule has 0 amide bonds. The summed E-state index contributed by atoms with van der Waals surface area (Å²) in [7, 11) is 0. The minimum absolute atomic E-state index is 0.593. The summed E-state index contributed by atoms with van der Waals surface area (Å²) in [5.41, 5.74) is 3.75. The average Bonchev–Trinajstić information content (AvgIpc) is 1.99. The summed E-state index contributed by atoms with van der Waals surface area (Å²) in [6.45, 7) is 4.78. The minimum Gasteiger partial charge on any atom is -0.377 e. The van der Waals surface area contributed by atoms with E-state index in [9.17, 15) is 0 Å². The first kappa shape index (κ1) is 10.2. The van der Waals surface area contributed by atoms with Crippen molar-refractivity contribution in [3.8, 4) is 0 Å². The standard InChI is InChI=1S/C8H17N3/c1-3-4-8(2)5-6-10-7-11-9/h4-6,10-11H,3,7,9H2,1-2H3/b6-5+,8-4-. The molecule has 0 unspecified atom stereocenters. The molecule has 3 heteroatoms. The van der Waals surface area contributed by atoms with Crippen LogP contribution in [-0.4, -0.2) is 6.67 Å². The van der Waals surface area contributed by atoms with Crippen molar-refractivity contribution >= 4 is 0 Å². The van der Waals surface area contributed by atoms with Crippen LogP contribution in [0.25, 0.3) is 0 Å². The molecule has 0 saturated heterocycles. The van der Waals surface area contributed by atoms with Crippen LogP contribution in [-0.2, 0) is 0 Å². The fourth-order valence-electron chi connectivity index (χ4n) is 0.698. The SMILES string of the molecule is CC/C=C(C)\C=C\NCNN. The van der Waals surface area contributed by atoms with E-state index < -0.39 is 0 Å². The van der Waals surface area contributed by atoms with Crippen LogP contribution in [0.5, 0.6) is 0 Å². The molecule has 0 rings (SSSR count). The fraction of sp³-hybridized carbons (Fsp3) is 0.500. The molecule has 0 atom stereocenters. The second-order valence-corrected chi connectivity index (χ2v) is 2.27. The van der Waals surface area contributed by atoms with Gasteiger partial charge in [0.2, 0.25) is 0 Å². The molecule has 0 fully saturated rings. The van der Waals surface area contributed by atoms with Gasteiger partial charge in [-0.15, -0.1) is 0 Å². The molecule has 0 aromatic carbocycles. The highest BCUT2D eigenvalue weighted by Gasteiger charge is 1.77. The summed E-state index contributed by atoms with van der Waals surface area (Å²) in [4.78, 5) is 0. The maximum Gasteiger partial charge on any atom is 0.0775 e. The van der Waals surface area contributed by atoms with Gasteiger partial charge in [-0.3, -0.25) is 5.84 Å². The second-order valence-electron chi connectivity index (χ2n) is 2.27. The molecular weight excluding hydrogens is 138 g/mol. The maximum atomic E-state index is 5.04. The van der Waals surface area contributed by atoms with Gasteiger partial charge in [0.1, 0.15) is 0 Å². The second kappa shape index (κ2) is 7.31. The van der Waals surface area contributed by atoms with E-state index in [4.69, 9.17) is 5.84 Å². The van der Waals surface area contributed by atoms with Crippen molar-refractivity contribution in [3.63, 3.8) is 0 Å². The van der Waals surface area contributed by atoms with Gasteiger partial charge >= 0.3 is 0 Å². The van der Waals surface area contributed by atoms with Crippen LogP contribution in [0, 0.1) is 0 Å². The van der Waals surface area contributed by atoms with Gasteiger partial charge in [0, 0.05) is 0 Å². The van der Waals surface area contributed by atoms with Crippen molar-refractivity contribution in [3.05, 3.63) is 23.9 Å². The third kappa shape index (κ3) is 7.09. The van der Waals surface area contributed by atoms with Gasteiger partial charge in [-0.05, 0) is 25.6 Å². The molecule has 0 aromatic heterocycles. The Kier molecular flexibility index (Phi) is 6.78. The van der Waals surface area contributed by atoms with Crippen molar-refractivity contribution < 1.29 is 0 Å². The highest BCUT2D eigenvalue weighted by Crippen LogP contribution is 1.94. The normalized spacial score (nSPS) is 12.5. The van der Waals surface area contributed by atoms with E-state index in [0.717, 1.165) is 6.42 Å². The zero-order valence-corrected chi connectivity index (χ0v) is 7.22. The molecule has 3 nitrogen and oxygen atoms in total. The number of nitrogens with one attached hydrogen (secondary N) is 2. The molecule has 0 spiro atoms. The van der Waals surface area contributed by atoms with Crippen LogP contribution in [0.2, 0.25) is 0 Å². The lowest BCUT2D eigenvalue weighted by Crippen LogP contribution is -2.30. The van der Waals surface area contributed by atoms with Crippen LogP contribution < -0.4 is 16.6 Å². The van der Waals surface area contributed by atoms with Gasteiger partial charge in [0.05, 0.1) is 6.67 Å². The van der Waals surface area contributed by atoms with E-state index in [2.05, 4.69) is 30.7 Å². The Balaban J connectivity index is 3.48. The smallest absolute Gasteiger partial charge is 0.0775 e. The van der Waals surface area contributed by atoms with E-state index >= 15 is 0 Å². The van der Waals surface area contributed by atoms with Crippen LogP contribution in [0.1, 0.15) is 20.3 Å². The first-order chi connectivity index (χ1) is 5.31.